The lowest BCUT2D eigenvalue weighted by Crippen LogP contribution is -2.17. The third-order valence-corrected chi connectivity index (χ3v) is 5.00. The molecule has 0 aliphatic carbocycles. The molecule has 0 radical (unpaired) electrons. The van der Waals surface area contributed by atoms with Crippen LogP contribution in [-0.4, -0.2) is 15.7 Å². The monoisotopic (exact) mass is 425 g/mol. The van der Waals surface area contributed by atoms with Crippen molar-refractivity contribution in [1.29, 1.82) is 0 Å². The van der Waals surface area contributed by atoms with Gasteiger partial charge in [-0.3, -0.25) is 4.79 Å². The molecule has 0 fully saturated rings. The summed E-state index contributed by atoms with van der Waals surface area (Å²) in [6, 6.07) is 21.7. The molecule has 144 valence electrons. The molecule has 0 aliphatic heterocycles. The summed E-state index contributed by atoms with van der Waals surface area (Å²) in [7, 11) is 0. The minimum atomic E-state index is -0.391. The van der Waals surface area contributed by atoms with Gasteiger partial charge >= 0.3 is 0 Å². The standard InChI is InChI=1S/C22H14Cl2FN3O/c23-18-11-10-17(12-19(18)24)28-21(13-20(27-28)14-4-2-1-3-5-14)22(29)26-16-8-6-15(25)7-9-16/h1-13H,(H,26,29). The second-order valence-electron chi connectivity index (χ2n) is 6.25. The summed E-state index contributed by atoms with van der Waals surface area (Å²) in [5.74, 6) is -0.771. The molecule has 0 spiro atoms. The van der Waals surface area contributed by atoms with E-state index in [9.17, 15) is 9.18 Å². The van der Waals surface area contributed by atoms with Crippen molar-refractivity contribution in [2.75, 3.05) is 5.32 Å². The molecule has 0 unspecified atom stereocenters. The van der Waals surface area contributed by atoms with Crippen LogP contribution in [0.3, 0.4) is 0 Å². The van der Waals surface area contributed by atoms with E-state index in [2.05, 4.69) is 10.4 Å². The number of carbonyl (C=O) groups is 1. The summed E-state index contributed by atoms with van der Waals surface area (Å²) in [6.07, 6.45) is 0. The quantitative estimate of drug-likeness (QED) is 0.420. The van der Waals surface area contributed by atoms with Gasteiger partial charge < -0.3 is 5.32 Å². The lowest BCUT2D eigenvalue weighted by molar-refractivity contribution is 0.101. The van der Waals surface area contributed by atoms with Crippen LogP contribution in [0.2, 0.25) is 10.0 Å². The molecule has 29 heavy (non-hydrogen) atoms. The fraction of sp³-hybridized carbons (Fsp3) is 0. The second-order valence-corrected chi connectivity index (χ2v) is 7.07. The Balaban J connectivity index is 1.77. The van der Waals surface area contributed by atoms with E-state index in [0.29, 0.717) is 32.8 Å². The summed E-state index contributed by atoms with van der Waals surface area (Å²) >= 11 is 12.2. The number of carbonyl (C=O) groups excluding carboxylic acids is 1. The predicted molar refractivity (Wildman–Crippen MR) is 113 cm³/mol. The van der Waals surface area contributed by atoms with Crippen LogP contribution in [0.15, 0.2) is 78.9 Å². The van der Waals surface area contributed by atoms with Gasteiger partial charge in [-0.05, 0) is 48.5 Å². The van der Waals surface area contributed by atoms with Crippen LogP contribution in [0.1, 0.15) is 10.5 Å². The lowest BCUT2D eigenvalue weighted by atomic mass is 10.1. The minimum absolute atomic E-state index is 0.298. The summed E-state index contributed by atoms with van der Waals surface area (Å²) in [4.78, 5) is 13.0. The zero-order valence-electron chi connectivity index (χ0n) is 14.9. The minimum Gasteiger partial charge on any atom is -0.321 e. The number of amides is 1. The molecule has 1 heterocycles. The van der Waals surface area contributed by atoms with E-state index in [4.69, 9.17) is 23.2 Å². The highest BCUT2D eigenvalue weighted by molar-refractivity contribution is 6.42. The van der Waals surface area contributed by atoms with Crippen LogP contribution in [0.5, 0.6) is 0 Å². The van der Waals surface area contributed by atoms with E-state index in [1.165, 1.54) is 28.9 Å². The first kappa shape index (κ1) is 19.2. The number of halogens is 3. The smallest absolute Gasteiger partial charge is 0.274 e. The van der Waals surface area contributed by atoms with Crippen molar-refractivity contribution >= 4 is 34.8 Å². The molecule has 0 bridgehead atoms. The van der Waals surface area contributed by atoms with Gasteiger partial charge in [0.1, 0.15) is 11.5 Å². The average molecular weight is 426 g/mol. The first-order valence-corrected chi connectivity index (χ1v) is 9.45. The number of hydrogen-bond acceptors (Lipinski definition) is 2. The van der Waals surface area contributed by atoms with E-state index in [-0.39, 0.29) is 5.82 Å². The van der Waals surface area contributed by atoms with E-state index in [1.54, 1.807) is 24.3 Å². The van der Waals surface area contributed by atoms with Crippen molar-refractivity contribution in [1.82, 2.24) is 9.78 Å². The Hall–Kier alpha value is -3.15. The molecule has 4 rings (SSSR count). The van der Waals surface area contributed by atoms with Crippen molar-refractivity contribution in [3.63, 3.8) is 0 Å². The maximum Gasteiger partial charge on any atom is 0.274 e. The molecule has 4 nitrogen and oxygen atoms in total. The Morgan fingerprint density at radius 2 is 1.62 bits per heavy atom. The molecule has 0 atom stereocenters. The van der Waals surface area contributed by atoms with Crippen LogP contribution >= 0.6 is 23.2 Å². The first-order chi connectivity index (χ1) is 14.0. The second kappa shape index (κ2) is 8.07. The van der Waals surface area contributed by atoms with Crippen molar-refractivity contribution in [3.8, 4) is 16.9 Å². The first-order valence-electron chi connectivity index (χ1n) is 8.69. The van der Waals surface area contributed by atoms with Gasteiger partial charge in [0.25, 0.3) is 5.91 Å². The van der Waals surface area contributed by atoms with Crippen molar-refractivity contribution < 1.29 is 9.18 Å². The fourth-order valence-corrected chi connectivity index (χ4v) is 3.13. The van der Waals surface area contributed by atoms with Gasteiger partial charge in [0.15, 0.2) is 0 Å². The summed E-state index contributed by atoms with van der Waals surface area (Å²) in [6.45, 7) is 0. The van der Waals surface area contributed by atoms with Gasteiger partial charge in [-0.1, -0.05) is 53.5 Å². The Morgan fingerprint density at radius 1 is 0.897 bits per heavy atom. The highest BCUT2D eigenvalue weighted by atomic mass is 35.5. The van der Waals surface area contributed by atoms with Crippen molar-refractivity contribution in [2.24, 2.45) is 0 Å². The molecule has 4 aromatic rings. The normalized spacial score (nSPS) is 10.7. The van der Waals surface area contributed by atoms with Crippen LogP contribution < -0.4 is 5.32 Å². The maximum absolute atomic E-state index is 13.1. The number of anilines is 1. The Kier molecular flexibility index (Phi) is 5.34. The largest absolute Gasteiger partial charge is 0.321 e. The summed E-state index contributed by atoms with van der Waals surface area (Å²) in [5.41, 5.74) is 2.85. The Morgan fingerprint density at radius 3 is 2.31 bits per heavy atom. The van der Waals surface area contributed by atoms with Gasteiger partial charge in [0.05, 0.1) is 21.4 Å². The SMILES string of the molecule is O=C(Nc1ccc(F)cc1)c1cc(-c2ccccc2)nn1-c1ccc(Cl)c(Cl)c1. The molecule has 1 aromatic heterocycles. The molecule has 1 amide bonds. The van der Waals surface area contributed by atoms with Gasteiger partial charge in [0, 0.05) is 11.3 Å². The third-order valence-electron chi connectivity index (χ3n) is 4.26. The van der Waals surface area contributed by atoms with Crippen molar-refractivity contribution in [2.45, 2.75) is 0 Å². The lowest BCUT2D eigenvalue weighted by Gasteiger charge is -2.09. The summed E-state index contributed by atoms with van der Waals surface area (Å²) < 4.78 is 14.6. The molecule has 7 heteroatoms. The predicted octanol–water partition coefficient (Wildman–Crippen LogP) is 6.24. The molecule has 0 saturated heterocycles. The molecule has 3 aromatic carbocycles. The number of rotatable bonds is 4. The van der Waals surface area contributed by atoms with Gasteiger partial charge in [-0.15, -0.1) is 0 Å². The van der Waals surface area contributed by atoms with Crippen LogP contribution in [0.4, 0.5) is 10.1 Å². The number of nitrogens with zero attached hydrogens (tertiary/aromatic N) is 2. The Bertz CT molecular complexity index is 1170. The number of aromatic nitrogens is 2. The van der Waals surface area contributed by atoms with Crippen LogP contribution in [0, 0.1) is 5.82 Å². The van der Waals surface area contributed by atoms with Gasteiger partial charge in [0.2, 0.25) is 0 Å². The van der Waals surface area contributed by atoms with Crippen molar-refractivity contribution in [3.05, 3.63) is 100 Å². The molecular formula is C22H14Cl2FN3O. The zero-order valence-corrected chi connectivity index (χ0v) is 16.5. The highest BCUT2D eigenvalue weighted by Crippen LogP contribution is 2.27. The number of benzene rings is 3. The van der Waals surface area contributed by atoms with E-state index in [0.717, 1.165) is 5.56 Å². The van der Waals surface area contributed by atoms with Gasteiger partial charge in [-0.2, -0.15) is 5.10 Å². The van der Waals surface area contributed by atoms with E-state index >= 15 is 0 Å². The fourth-order valence-electron chi connectivity index (χ4n) is 2.83. The van der Waals surface area contributed by atoms with Crippen LogP contribution in [0.25, 0.3) is 16.9 Å². The molecule has 1 N–H and O–H groups in total. The number of nitrogens with one attached hydrogen (secondary N) is 1. The van der Waals surface area contributed by atoms with E-state index < -0.39 is 5.91 Å². The third kappa shape index (κ3) is 4.16. The van der Waals surface area contributed by atoms with E-state index in [1.807, 2.05) is 30.3 Å². The highest BCUT2D eigenvalue weighted by Gasteiger charge is 2.18. The molecular weight excluding hydrogens is 412 g/mol. The molecule has 0 saturated carbocycles. The topological polar surface area (TPSA) is 46.9 Å². The average Bonchev–Trinajstić information content (AvgIpc) is 3.18. The molecule has 0 aliphatic rings. The van der Waals surface area contributed by atoms with Crippen LogP contribution in [-0.2, 0) is 0 Å². The Labute approximate surface area is 176 Å². The number of hydrogen-bond donors (Lipinski definition) is 1. The zero-order chi connectivity index (χ0) is 20.4. The van der Waals surface area contributed by atoms with Gasteiger partial charge in [-0.25, -0.2) is 9.07 Å². The maximum atomic E-state index is 13.1. The summed E-state index contributed by atoms with van der Waals surface area (Å²) in [5, 5.41) is 8.11.